The molecule has 7 heteroatoms. The number of aliphatic carboxylic acids is 1. The highest BCUT2D eigenvalue weighted by Crippen LogP contribution is 2.31. The summed E-state index contributed by atoms with van der Waals surface area (Å²) in [5.74, 6) is -1.81. The van der Waals surface area contributed by atoms with E-state index in [-0.39, 0.29) is 18.6 Å². The Balaban J connectivity index is 1.90. The molecule has 0 bridgehead atoms. The first-order chi connectivity index (χ1) is 9.08. The predicted octanol–water partition coefficient (Wildman–Crippen LogP) is 1.45. The molecule has 104 valence electrons. The number of carboxylic acids is 1. The van der Waals surface area contributed by atoms with Gasteiger partial charge in [0.15, 0.2) is 0 Å². The first kappa shape index (κ1) is 14.0. The topological polar surface area (TPSA) is 88.5 Å². The summed E-state index contributed by atoms with van der Waals surface area (Å²) in [6.07, 6.45) is 3.47. The van der Waals surface area contributed by atoms with Gasteiger partial charge in [0.25, 0.3) is 5.91 Å². The van der Waals surface area contributed by atoms with Crippen LogP contribution >= 0.6 is 11.3 Å². The molecule has 1 aliphatic heterocycles. The summed E-state index contributed by atoms with van der Waals surface area (Å²) >= 11 is 1.30. The monoisotopic (exact) mass is 284 g/mol. The summed E-state index contributed by atoms with van der Waals surface area (Å²) < 4.78 is 5.50. The Bertz CT molecular complexity index is 468. The molecular formula is C12H16N2O4S. The van der Waals surface area contributed by atoms with Crippen molar-refractivity contribution in [1.82, 2.24) is 10.3 Å². The fourth-order valence-electron chi connectivity index (χ4n) is 1.73. The fourth-order valence-corrected chi connectivity index (χ4v) is 2.65. The van der Waals surface area contributed by atoms with Crippen LogP contribution in [0.2, 0.25) is 0 Å². The average molecular weight is 284 g/mol. The lowest BCUT2D eigenvalue weighted by molar-refractivity contribution is -0.140. The molecule has 2 heterocycles. The van der Waals surface area contributed by atoms with Gasteiger partial charge in [0.1, 0.15) is 16.0 Å². The van der Waals surface area contributed by atoms with Gasteiger partial charge in [-0.2, -0.15) is 0 Å². The normalized spacial score (nSPS) is 20.2. The van der Waals surface area contributed by atoms with Gasteiger partial charge in [0.05, 0.1) is 12.1 Å². The number of carbonyl (C=O) groups is 2. The molecule has 1 amide bonds. The van der Waals surface area contributed by atoms with E-state index in [1.807, 2.05) is 0 Å². The molecule has 2 N–H and O–H groups in total. The highest BCUT2D eigenvalue weighted by molar-refractivity contribution is 7.13. The first-order valence-corrected chi connectivity index (χ1v) is 6.98. The van der Waals surface area contributed by atoms with E-state index in [4.69, 9.17) is 9.84 Å². The third kappa shape index (κ3) is 3.51. The number of nitrogens with zero attached hydrogens (tertiary/aromatic N) is 1. The van der Waals surface area contributed by atoms with Gasteiger partial charge in [0, 0.05) is 13.2 Å². The minimum atomic E-state index is -0.926. The lowest BCUT2D eigenvalue weighted by Crippen LogP contribution is -2.30. The Morgan fingerprint density at radius 2 is 2.47 bits per heavy atom. The van der Waals surface area contributed by atoms with Crippen molar-refractivity contribution in [2.24, 2.45) is 5.92 Å². The Kier molecular flexibility index (Phi) is 4.49. The Labute approximate surface area is 114 Å². The Morgan fingerprint density at radius 1 is 1.68 bits per heavy atom. The molecule has 0 saturated carbocycles. The van der Waals surface area contributed by atoms with Crippen LogP contribution in [-0.4, -0.2) is 35.1 Å². The maximum absolute atomic E-state index is 11.8. The second-order valence-electron chi connectivity index (χ2n) is 4.51. The van der Waals surface area contributed by atoms with Gasteiger partial charge in [-0.1, -0.05) is 6.92 Å². The smallest absolute Gasteiger partial charge is 0.308 e. The SMILES string of the molecule is CC(CNC(=O)c1cnc(C2CCCO2)s1)C(=O)O. The van der Waals surface area contributed by atoms with Crippen molar-refractivity contribution in [3.63, 3.8) is 0 Å². The number of hydrogen-bond acceptors (Lipinski definition) is 5. The van der Waals surface area contributed by atoms with Gasteiger partial charge in [0.2, 0.25) is 0 Å². The summed E-state index contributed by atoms with van der Waals surface area (Å²) in [5, 5.41) is 12.1. The van der Waals surface area contributed by atoms with Crippen molar-refractivity contribution < 1.29 is 19.4 Å². The molecule has 1 fully saturated rings. The standard InChI is InChI=1S/C12H16N2O4S/c1-7(12(16)17)5-13-10(15)9-6-14-11(19-9)8-3-2-4-18-8/h6-8H,2-5H2,1H3,(H,13,15)(H,16,17). The van der Waals surface area contributed by atoms with E-state index in [0.29, 0.717) is 4.88 Å². The number of thiazole rings is 1. The molecule has 2 rings (SSSR count). The van der Waals surface area contributed by atoms with Crippen LogP contribution in [0, 0.1) is 5.92 Å². The zero-order valence-corrected chi connectivity index (χ0v) is 11.4. The lowest BCUT2D eigenvalue weighted by atomic mass is 10.2. The summed E-state index contributed by atoms with van der Waals surface area (Å²) in [7, 11) is 0. The number of nitrogens with one attached hydrogen (secondary N) is 1. The second kappa shape index (κ2) is 6.12. The second-order valence-corrected chi connectivity index (χ2v) is 5.58. The van der Waals surface area contributed by atoms with Crippen LogP contribution in [0.3, 0.4) is 0 Å². The van der Waals surface area contributed by atoms with Gasteiger partial charge >= 0.3 is 5.97 Å². The number of aromatic nitrogens is 1. The lowest BCUT2D eigenvalue weighted by Gasteiger charge is -2.07. The van der Waals surface area contributed by atoms with E-state index in [9.17, 15) is 9.59 Å². The molecule has 0 aromatic carbocycles. The predicted molar refractivity (Wildman–Crippen MR) is 69.2 cm³/mol. The van der Waals surface area contributed by atoms with E-state index in [0.717, 1.165) is 24.5 Å². The molecule has 1 saturated heterocycles. The minimum absolute atomic E-state index is 0.00416. The summed E-state index contributed by atoms with van der Waals surface area (Å²) in [6, 6.07) is 0. The molecule has 1 aliphatic rings. The molecule has 6 nitrogen and oxygen atoms in total. The third-order valence-electron chi connectivity index (χ3n) is 2.94. The number of rotatable bonds is 5. The fraction of sp³-hybridized carbons (Fsp3) is 0.583. The zero-order chi connectivity index (χ0) is 13.8. The summed E-state index contributed by atoms with van der Waals surface area (Å²) in [5.41, 5.74) is 0. The molecule has 2 unspecified atom stereocenters. The Morgan fingerprint density at radius 3 is 3.11 bits per heavy atom. The number of amides is 1. The molecule has 0 radical (unpaired) electrons. The van der Waals surface area contributed by atoms with E-state index in [1.165, 1.54) is 17.5 Å². The number of carboxylic acid groups (broad SMARTS) is 1. The average Bonchev–Trinajstić information content (AvgIpc) is 3.04. The number of hydrogen-bond donors (Lipinski definition) is 2. The molecule has 0 spiro atoms. The summed E-state index contributed by atoms with van der Waals surface area (Å²) in [6.45, 7) is 2.40. The van der Waals surface area contributed by atoms with Crippen LogP contribution < -0.4 is 5.32 Å². The molecule has 0 aliphatic carbocycles. The van der Waals surface area contributed by atoms with Gasteiger partial charge < -0.3 is 15.2 Å². The quantitative estimate of drug-likeness (QED) is 0.854. The summed E-state index contributed by atoms with van der Waals surface area (Å²) in [4.78, 5) is 27.2. The van der Waals surface area contributed by atoms with Crippen LogP contribution in [0.5, 0.6) is 0 Å². The first-order valence-electron chi connectivity index (χ1n) is 6.16. The van der Waals surface area contributed by atoms with Crippen molar-refractivity contribution >= 4 is 23.2 Å². The highest BCUT2D eigenvalue weighted by atomic mass is 32.1. The number of carbonyl (C=O) groups excluding carboxylic acids is 1. The maximum atomic E-state index is 11.8. The van der Waals surface area contributed by atoms with Gasteiger partial charge in [-0.15, -0.1) is 11.3 Å². The van der Waals surface area contributed by atoms with Crippen molar-refractivity contribution in [1.29, 1.82) is 0 Å². The van der Waals surface area contributed by atoms with Crippen molar-refractivity contribution in [3.05, 3.63) is 16.1 Å². The Hall–Kier alpha value is -1.47. The van der Waals surface area contributed by atoms with Crippen LogP contribution in [0.4, 0.5) is 0 Å². The van der Waals surface area contributed by atoms with Gasteiger partial charge in [-0.05, 0) is 12.8 Å². The molecule has 19 heavy (non-hydrogen) atoms. The molecule has 1 aromatic heterocycles. The molecule has 2 atom stereocenters. The van der Waals surface area contributed by atoms with E-state index in [1.54, 1.807) is 6.92 Å². The maximum Gasteiger partial charge on any atom is 0.308 e. The van der Waals surface area contributed by atoms with Crippen LogP contribution in [-0.2, 0) is 9.53 Å². The van der Waals surface area contributed by atoms with E-state index in [2.05, 4.69) is 10.3 Å². The van der Waals surface area contributed by atoms with Crippen LogP contribution in [0.1, 0.15) is 40.5 Å². The highest BCUT2D eigenvalue weighted by Gasteiger charge is 2.22. The minimum Gasteiger partial charge on any atom is -0.481 e. The van der Waals surface area contributed by atoms with Gasteiger partial charge in [-0.25, -0.2) is 4.98 Å². The van der Waals surface area contributed by atoms with E-state index >= 15 is 0 Å². The van der Waals surface area contributed by atoms with Crippen LogP contribution in [0.25, 0.3) is 0 Å². The van der Waals surface area contributed by atoms with Gasteiger partial charge in [-0.3, -0.25) is 9.59 Å². The van der Waals surface area contributed by atoms with Crippen molar-refractivity contribution in [3.8, 4) is 0 Å². The largest absolute Gasteiger partial charge is 0.481 e. The van der Waals surface area contributed by atoms with E-state index < -0.39 is 11.9 Å². The van der Waals surface area contributed by atoms with Crippen LogP contribution in [0.15, 0.2) is 6.20 Å². The molecular weight excluding hydrogens is 268 g/mol. The molecule has 1 aromatic rings. The zero-order valence-electron chi connectivity index (χ0n) is 10.6. The third-order valence-corrected chi connectivity index (χ3v) is 4.03. The van der Waals surface area contributed by atoms with Crippen molar-refractivity contribution in [2.75, 3.05) is 13.2 Å². The number of ether oxygens (including phenoxy) is 1. The van der Waals surface area contributed by atoms with Crippen molar-refractivity contribution in [2.45, 2.75) is 25.9 Å².